The van der Waals surface area contributed by atoms with E-state index in [2.05, 4.69) is 17.2 Å². The van der Waals surface area contributed by atoms with Gasteiger partial charge in [0.1, 0.15) is 12.6 Å². The molecule has 6 heteroatoms. The smallest absolute Gasteiger partial charge is 0.408 e. The third-order valence-corrected chi connectivity index (χ3v) is 3.36. The Morgan fingerprint density at radius 2 is 2.10 bits per heavy atom. The molecule has 0 aliphatic rings. The molecule has 1 rings (SSSR count). The monoisotopic (exact) mass is 307 g/mol. The van der Waals surface area contributed by atoms with E-state index in [1.807, 2.05) is 30.3 Å². The van der Waals surface area contributed by atoms with Crippen LogP contribution in [0, 0.1) is 11.8 Å². The molecule has 0 saturated carbocycles. The first-order valence-corrected chi connectivity index (χ1v) is 7.46. The van der Waals surface area contributed by atoms with Crippen LogP contribution < -0.4 is 5.32 Å². The van der Waals surface area contributed by atoms with Crippen LogP contribution in [0.4, 0.5) is 4.79 Å². The van der Waals surface area contributed by atoms with Crippen LogP contribution in [0.25, 0.3) is 0 Å². The number of carboxylic acids is 1. The van der Waals surface area contributed by atoms with E-state index in [1.165, 1.54) is 11.8 Å². The first-order valence-electron chi connectivity index (χ1n) is 6.31. The molecular weight excluding hydrogens is 290 g/mol. The van der Waals surface area contributed by atoms with Crippen LogP contribution in [0.1, 0.15) is 12.5 Å². The number of nitrogens with one attached hydrogen (secondary N) is 1. The fourth-order valence-corrected chi connectivity index (χ4v) is 2.21. The van der Waals surface area contributed by atoms with Gasteiger partial charge in [-0.1, -0.05) is 36.3 Å². The third kappa shape index (κ3) is 7.28. The van der Waals surface area contributed by atoms with E-state index >= 15 is 0 Å². The average molecular weight is 307 g/mol. The molecule has 0 spiro atoms. The summed E-state index contributed by atoms with van der Waals surface area (Å²) >= 11 is 1.35. The Balaban J connectivity index is 2.37. The molecule has 21 heavy (non-hydrogen) atoms. The lowest BCUT2D eigenvalue weighted by Crippen LogP contribution is -2.42. The minimum Gasteiger partial charge on any atom is -0.480 e. The topological polar surface area (TPSA) is 75.6 Å². The molecule has 1 aromatic rings. The quantitative estimate of drug-likeness (QED) is 0.596. The van der Waals surface area contributed by atoms with Crippen LogP contribution in [-0.2, 0) is 16.1 Å². The van der Waals surface area contributed by atoms with Crippen molar-refractivity contribution < 1.29 is 19.4 Å². The molecule has 5 nitrogen and oxygen atoms in total. The maximum atomic E-state index is 11.6. The zero-order valence-electron chi connectivity index (χ0n) is 11.7. The number of rotatable bonds is 7. The molecule has 2 N–H and O–H groups in total. The van der Waals surface area contributed by atoms with Gasteiger partial charge in [0.25, 0.3) is 0 Å². The fraction of sp³-hybridized carbons (Fsp3) is 0.333. The third-order valence-electron chi connectivity index (χ3n) is 2.44. The van der Waals surface area contributed by atoms with Gasteiger partial charge < -0.3 is 15.2 Å². The average Bonchev–Trinajstić information content (AvgIpc) is 2.49. The number of ether oxygens (including phenoxy) is 1. The van der Waals surface area contributed by atoms with Crippen molar-refractivity contribution in [3.63, 3.8) is 0 Å². The Labute approximate surface area is 128 Å². The van der Waals surface area contributed by atoms with E-state index < -0.39 is 18.1 Å². The van der Waals surface area contributed by atoms with Gasteiger partial charge in [0, 0.05) is 5.75 Å². The predicted molar refractivity (Wildman–Crippen MR) is 82.0 cm³/mol. The molecule has 0 heterocycles. The summed E-state index contributed by atoms with van der Waals surface area (Å²) in [5.41, 5.74) is 0.840. The van der Waals surface area contributed by atoms with Gasteiger partial charge in [0.15, 0.2) is 0 Å². The van der Waals surface area contributed by atoms with E-state index in [1.54, 1.807) is 6.92 Å². The first kappa shape index (κ1) is 16.9. The molecule has 0 fully saturated rings. The van der Waals surface area contributed by atoms with E-state index in [-0.39, 0.29) is 12.4 Å². The summed E-state index contributed by atoms with van der Waals surface area (Å²) in [4.78, 5) is 22.6. The summed E-state index contributed by atoms with van der Waals surface area (Å²) in [6.45, 7) is 1.82. The molecule has 0 aliphatic carbocycles. The maximum absolute atomic E-state index is 11.6. The highest BCUT2D eigenvalue weighted by Gasteiger charge is 2.20. The number of carbonyl (C=O) groups excluding carboxylic acids is 1. The van der Waals surface area contributed by atoms with Gasteiger partial charge in [-0.15, -0.1) is 17.7 Å². The number of thioether (sulfide) groups is 1. The van der Waals surface area contributed by atoms with Crippen LogP contribution in [0.3, 0.4) is 0 Å². The lowest BCUT2D eigenvalue weighted by atomic mass is 10.2. The van der Waals surface area contributed by atoms with E-state index in [4.69, 9.17) is 9.84 Å². The van der Waals surface area contributed by atoms with Crippen molar-refractivity contribution >= 4 is 23.8 Å². The molecule has 1 atom stereocenters. The molecular formula is C15H17NO4S. The van der Waals surface area contributed by atoms with Gasteiger partial charge in [-0.25, -0.2) is 9.59 Å². The standard InChI is InChI=1S/C15H17NO4S/c1-2-3-9-21-11-13(14(17)18)16-15(19)20-10-12-7-5-4-6-8-12/h4-8,13H,9-11H2,1H3,(H,16,19)(H,17,18). The molecule has 0 saturated heterocycles. The molecule has 0 aliphatic heterocycles. The van der Waals surface area contributed by atoms with Gasteiger partial charge in [-0.05, 0) is 12.5 Å². The van der Waals surface area contributed by atoms with Crippen LogP contribution in [-0.4, -0.2) is 34.7 Å². The van der Waals surface area contributed by atoms with Gasteiger partial charge in [0.2, 0.25) is 0 Å². The SMILES string of the molecule is CC#CCSCC(NC(=O)OCc1ccccc1)C(=O)O. The minimum absolute atomic E-state index is 0.105. The normalized spacial score (nSPS) is 10.9. The number of aliphatic carboxylic acids is 1. The van der Waals surface area contributed by atoms with Crippen LogP contribution >= 0.6 is 11.8 Å². The number of alkyl carbamates (subject to hydrolysis) is 1. The van der Waals surface area contributed by atoms with Gasteiger partial charge in [0.05, 0.1) is 5.75 Å². The maximum Gasteiger partial charge on any atom is 0.408 e. The van der Waals surface area contributed by atoms with Crippen molar-refractivity contribution in [1.29, 1.82) is 0 Å². The van der Waals surface area contributed by atoms with Crippen molar-refractivity contribution in [2.75, 3.05) is 11.5 Å². The fourth-order valence-electron chi connectivity index (χ4n) is 1.38. The Bertz CT molecular complexity index is 521. The lowest BCUT2D eigenvalue weighted by Gasteiger charge is -2.13. The second-order valence-electron chi connectivity index (χ2n) is 4.04. The van der Waals surface area contributed by atoms with Crippen molar-refractivity contribution in [1.82, 2.24) is 5.32 Å². The molecule has 1 unspecified atom stereocenters. The number of benzene rings is 1. The molecule has 1 aromatic carbocycles. The highest BCUT2D eigenvalue weighted by molar-refractivity contribution is 7.99. The molecule has 0 bridgehead atoms. The molecule has 1 amide bonds. The van der Waals surface area contributed by atoms with Gasteiger partial charge in [-0.2, -0.15) is 0 Å². The molecule has 0 aromatic heterocycles. The number of hydrogen-bond acceptors (Lipinski definition) is 4. The van der Waals surface area contributed by atoms with Crippen molar-refractivity contribution in [3.8, 4) is 11.8 Å². The summed E-state index contributed by atoms with van der Waals surface area (Å²) in [5.74, 6) is 5.21. The number of carbonyl (C=O) groups is 2. The highest BCUT2D eigenvalue weighted by atomic mass is 32.2. The zero-order chi connectivity index (χ0) is 15.5. The summed E-state index contributed by atoms with van der Waals surface area (Å²) in [7, 11) is 0. The zero-order valence-corrected chi connectivity index (χ0v) is 12.5. The van der Waals surface area contributed by atoms with E-state index in [0.717, 1.165) is 5.56 Å². The summed E-state index contributed by atoms with van der Waals surface area (Å²) in [6.07, 6.45) is -0.742. The summed E-state index contributed by atoms with van der Waals surface area (Å²) < 4.78 is 4.99. The van der Waals surface area contributed by atoms with Gasteiger partial charge >= 0.3 is 12.1 Å². The lowest BCUT2D eigenvalue weighted by molar-refractivity contribution is -0.138. The van der Waals surface area contributed by atoms with Crippen LogP contribution in [0.15, 0.2) is 30.3 Å². The van der Waals surface area contributed by atoms with Crippen molar-refractivity contribution in [2.45, 2.75) is 19.6 Å². The van der Waals surface area contributed by atoms with Crippen LogP contribution in [0.2, 0.25) is 0 Å². The number of hydrogen-bond donors (Lipinski definition) is 2. The van der Waals surface area contributed by atoms with Crippen LogP contribution in [0.5, 0.6) is 0 Å². The largest absolute Gasteiger partial charge is 0.480 e. The number of amides is 1. The Hall–Kier alpha value is -2.13. The Morgan fingerprint density at radius 1 is 1.38 bits per heavy atom. The van der Waals surface area contributed by atoms with Crippen molar-refractivity contribution in [3.05, 3.63) is 35.9 Å². The van der Waals surface area contributed by atoms with Gasteiger partial charge in [-0.3, -0.25) is 0 Å². The number of carboxylic acid groups (broad SMARTS) is 1. The van der Waals surface area contributed by atoms with Crippen molar-refractivity contribution in [2.24, 2.45) is 0 Å². The minimum atomic E-state index is -1.09. The Kier molecular flexibility index (Phi) is 7.84. The predicted octanol–water partition coefficient (Wildman–Crippen LogP) is 2.12. The first-order chi connectivity index (χ1) is 10.1. The van der Waals surface area contributed by atoms with E-state index in [0.29, 0.717) is 5.75 Å². The summed E-state index contributed by atoms with van der Waals surface area (Å²) in [6, 6.07) is 8.18. The molecule has 112 valence electrons. The highest BCUT2D eigenvalue weighted by Crippen LogP contribution is 2.04. The molecule has 0 radical (unpaired) electrons. The second kappa shape index (κ2) is 9.72. The second-order valence-corrected chi connectivity index (χ2v) is 5.07. The Morgan fingerprint density at radius 3 is 2.71 bits per heavy atom. The summed E-state index contributed by atoms with van der Waals surface area (Å²) in [5, 5.41) is 11.4. The van der Waals surface area contributed by atoms with E-state index in [9.17, 15) is 9.59 Å².